The molecule has 0 bridgehead atoms. The number of carbonyl (C=O) groups excluding carboxylic acids is 1. The number of aromatic nitrogens is 1. The summed E-state index contributed by atoms with van der Waals surface area (Å²) in [4.78, 5) is 11.7. The first kappa shape index (κ1) is 11.3. The van der Waals surface area contributed by atoms with E-state index in [9.17, 15) is 4.79 Å². The minimum atomic E-state index is -0.305. The van der Waals surface area contributed by atoms with Crippen LogP contribution in [0.5, 0.6) is 0 Å². The van der Waals surface area contributed by atoms with Crippen molar-refractivity contribution in [1.29, 1.82) is 0 Å². The van der Waals surface area contributed by atoms with Crippen molar-refractivity contribution in [3.63, 3.8) is 0 Å². The van der Waals surface area contributed by atoms with Crippen molar-refractivity contribution in [3.8, 4) is 0 Å². The first-order valence-electron chi connectivity index (χ1n) is 5.24. The molecule has 3 N–H and O–H groups in total. The number of nitrogens with one attached hydrogen (secondary N) is 1. The van der Waals surface area contributed by atoms with Crippen LogP contribution >= 0.6 is 0 Å². The molecule has 0 fully saturated rings. The van der Waals surface area contributed by atoms with Gasteiger partial charge in [0.15, 0.2) is 5.69 Å². The summed E-state index contributed by atoms with van der Waals surface area (Å²) in [7, 11) is 0. The molecule has 2 aromatic rings. The molecule has 1 atom stereocenters. The number of hydrogen-bond acceptors (Lipinski definition) is 4. The summed E-state index contributed by atoms with van der Waals surface area (Å²) in [6.07, 6.45) is 1.35. The molecule has 1 heterocycles. The zero-order valence-corrected chi connectivity index (χ0v) is 9.38. The summed E-state index contributed by atoms with van der Waals surface area (Å²) in [5.74, 6) is -0.305. The Balaban J connectivity index is 2.14. The Hall–Kier alpha value is -2.14. The van der Waals surface area contributed by atoms with Crippen LogP contribution in [0.1, 0.15) is 29.0 Å². The summed E-state index contributed by atoms with van der Waals surface area (Å²) in [5, 5.41) is 6.28. The van der Waals surface area contributed by atoms with E-state index in [1.165, 1.54) is 12.3 Å². The second-order valence-corrected chi connectivity index (χ2v) is 3.75. The van der Waals surface area contributed by atoms with Crippen molar-refractivity contribution in [1.82, 2.24) is 5.16 Å². The lowest BCUT2D eigenvalue weighted by atomic mass is 10.1. The molecule has 2 rings (SSSR count). The van der Waals surface area contributed by atoms with Crippen LogP contribution in [0, 0.1) is 0 Å². The van der Waals surface area contributed by atoms with Gasteiger partial charge in [0.05, 0.1) is 0 Å². The molecule has 0 saturated carbocycles. The van der Waals surface area contributed by atoms with E-state index >= 15 is 0 Å². The molecule has 1 unspecified atom stereocenters. The minimum Gasteiger partial charge on any atom is -0.364 e. The van der Waals surface area contributed by atoms with Gasteiger partial charge >= 0.3 is 0 Å². The Morgan fingerprint density at radius 3 is 2.94 bits per heavy atom. The molecule has 5 nitrogen and oxygen atoms in total. The van der Waals surface area contributed by atoms with Gasteiger partial charge < -0.3 is 15.6 Å². The predicted molar refractivity (Wildman–Crippen MR) is 63.5 cm³/mol. The number of anilines is 1. The maximum Gasteiger partial charge on any atom is 0.277 e. The van der Waals surface area contributed by atoms with Gasteiger partial charge in [0.1, 0.15) is 6.26 Å². The maximum absolute atomic E-state index is 11.7. The topological polar surface area (TPSA) is 81.1 Å². The fourth-order valence-corrected chi connectivity index (χ4v) is 1.42. The van der Waals surface area contributed by atoms with Crippen molar-refractivity contribution in [2.45, 2.75) is 13.0 Å². The Kier molecular flexibility index (Phi) is 3.20. The van der Waals surface area contributed by atoms with Gasteiger partial charge in [-0.05, 0) is 24.6 Å². The largest absolute Gasteiger partial charge is 0.364 e. The number of amides is 1. The van der Waals surface area contributed by atoms with Gasteiger partial charge in [-0.3, -0.25) is 4.79 Å². The molecule has 1 aromatic carbocycles. The summed E-state index contributed by atoms with van der Waals surface area (Å²) >= 11 is 0. The molecular formula is C12H13N3O2. The number of nitrogens with zero attached hydrogens (tertiary/aromatic N) is 1. The molecular weight excluding hydrogens is 218 g/mol. The molecule has 0 spiro atoms. The van der Waals surface area contributed by atoms with Crippen LogP contribution in [0.4, 0.5) is 5.69 Å². The highest BCUT2D eigenvalue weighted by Gasteiger charge is 2.09. The van der Waals surface area contributed by atoms with E-state index in [0.29, 0.717) is 5.69 Å². The van der Waals surface area contributed by atoms with Gasteiger partial charge in [0.2, 0.25) is 0 Å². The quantitative estimate of drug-likeness (QED) is 0.845. The van der Waals surface area contributed by atoms with Crippen molar-refractivity contribution in [2.75, 3.05) is 5.32 Å². The molecule has 17 heavy (non-hydrogen) atoms. The molecule has 1 amide bonds. The summed E-state index contributed by atoms with van der Waals surface area (Å²) in [6.45, 7) is 1.89. The number of carbonyl (C=O) groups is 1. The third kappa shape index (κ3) is 2.70. The van der Waals surface area contributed by atoms with Crippen LogP contribution in [-0.2, 0) is 0 Å². The fourth-order valence-electron chi connectivity index (χ4n) is 1.42. The molecule has 0 saturated heterocycles. The summed E-state index contributed by atoms with van der Waals surface area (Å²) < 4.78 is 4.60. The maximum atomic E-state index is 11.7. The molecule has 5 heteroatoms. The van der Waals surface area contributed by atoms with Crippen molar-refractivity contribution < 1.29 is 9.32 Å². The fraction of sp³-hybridized carbons (Fsp3) is 0.167. The Bertz CT molecular complexity index is 506. The Morgan fingerprint density at radius 1 is 1.47 bits per heavy atom. The number of rotatable bonds is 3. The minimum absolute atomic E-state index is 0.0705. The van der Waals surface area contributed by atoms with E-state index in [2.05, 4.69) is 15.0 Å². The predicted octanol–water partition coefficient (Wildman–Crippen LogP) is 1.95. The Morgan fingerprint density at radius 2 is 2.29 bits per heavy atom. The normalized spacial score (nSPS) is 12.1. The first-order valence-corrected chi connectivity index (χ1v) is 5.24. The molecule has 0 radical (unpaired) electrons. The molecule has 0 aliphatic heterocycles. The number of hydrogen-bond donors (Lipinski definition) is 2. The van der Waals surface area contributed by atoms with E-state index in [4.69, 9.17) is 5.73 Å². The highest BCUT2D eigenvalue weighted by molar-refractivity contribution is 6.02. The van der Waals surface area contributed by atoms with E-state index in [1.54, 1.807) is 6.07 Å². The summed E-state index contributed by atoms with van der Waals surface area (Å²) in [6, 6.07) is 8.82. The highest BCUT2D eigenvalue weighted by atomic mass is 16.5. The van der Waals surface area contributed by atoms with E-state index in [1.807, 2.05) is 25.1 Å². The van der Waals surface area contributed by atoms with Crippen LogP contribution in [0.2, 0.25) is 0 Å². The molecule has 88 valence electrons. The van der Waals surface area contributed by atoms with E-state index in [-0.39, 0.29) is 17.6 Å². The van der Waals surface area contributed by atoms with Gasteiger partial charge in [-0.25, -0.2) is 0 Å². The lowest BCUT2D eigenvalue weighted by molar-refractivity contribution is 0.101. The van der Waals surface area contributed by atoms with Gasteiger partial charge in [-0.2, -0.15) is 0 Å². The third-order valence-electron chi connectivity index (χ3n) is 2.34. The van der Waals surface area contributed by atoms with Gasteiger partial charge in [-0.15, -0.1) is 0 Å². The number of nitrogens with two attached hydrogens (primary N) is 1. The average molecular weight is 231 g/mol. The van der Waals surface area contributed by atoms with Crippen LogP contribution in [0.15, 0.2) is 41.1 Å². The van der Waals surface area contributed by atoms with Crippen molar-refractivity contribution in [3.05, 3.63) is 47.9 Å². The zero-order valence-electron chi connectivity index (χ0n) is 9.38. The van der Waals surface area contributed by atoms with Crippen LogP contribution < -0.4 is 11.1 Å². The average Bonchev–Trinajstić information content (AvgIpc) is 2.82. The molecule has 0 aliphatic rings. The lowest BCUT2D eigenvalue weighted by Crippen LogP contribution is -2.13. The second kappa shape index (κ2) is 4.80. The molecule has 0 aliphatic carbocycles. The SMILES string of the molecule is CC(N)c1cccc(NC(=O)c2ccon2)c1. The second-order valence-electron chi connectivity index (χ2n) is 3.75. The van der Waals surface area contributed by atoms with E-state index < -0.39 is 0 Å². The van der Waals surface area contributed by atoms with Crippen LogP contribution in [0.25, 0.3) is 0 Å². The van der Waals surface area contributed by atoms with Crippen molar-refractivity contribution >= 4 is 11.6 Å². The van der Waals surface area contributed by atoms with Crippen molar-refractivity contribution in [2.24, 2.45) is 5.73 Å². The third-order valence-corrected chi connectivity index (χ3v) is 2.34. The lowest BCUT2D eigenvalue weighted by Gasteiger charge is -2.08. The standard InChI is InChI=1S/C12H13N3O2/c1-8(13)9-3-2-4-10(7-9)14-12(16)11-5-6-17-15-11/h2-8H,13H2,1H3,(H,14,16). The van der Waals surface area contributed by atoms with E-state index in [0.717, 1.165) is 5.56 Å². The summed E-state index contributed by atoms with van der Waals surface area (Å²) in [5.41, 5.74) is 7.66. The zero-order chi connectivity index (χ0) is 12.3. The van der Waals surface area contributed by atoms with Gasteiger partial charge in [0.25, 0.3) is 5.91 Å². The number of benzene rings is 1. The monoisotopic (exact) mass is 231 g/mol. The molecule has 1 aromatic heterocycles. The van der Waals surface area contributed by atoms with Crippen LogP contribution in [0.3, 0.4) is 0 Å². The van der Waals surface area contributed by atoms with Gasteiger partial charge in [-0.1, -0.05) is 17.3 Å². The Labute approximate surface area is 98.6 Å². The first-order chi connectivity index (χ1) is 8.16. The highest BCUT2D eigenvalue weighted by Crippen LogP contribution is 2.16. The van der Waals surface area contributed by atoms with Crippen LogP contribution in [-0.4, -0.2) is 11.1 Å². The van der Waals surface area contributed by atoms with Gasteiger partial charge in [0, 0.05) is 17.8 Å². The smallest absolute Gasteiger partial charge is 0.277 e.